The van der Waals surface area contributed by atoms with E-state index in [1.807, 2.05) is 24.5 Å². The van der Waals surface area contributed by atoms with Crippen molar-refractivity contribution in [3.05, 3.63) is 47.7 Å². The van der Waals surface area contributed by atoms with Crippen molar-refractivity contribution in [3.63, 3.8) is 0 Å². The Kier molecular flexibility index (Phi) is 3.98. The average molecular weight is 246 g/mol. The molecule has 0 saturated heterocycles. The summed E-state index contributed by atoms with van der Waals surface area (Å²) in [7, 11) is 0. The van der Waals surface area contributed by atoms with E-state index in [0.717, 1.165) is 18.5 Å². The fourth-order valence-electron chi connectivity index (χ4n) is 1.60. The summed E-state index contributed by atoms with van der Waals surface area (Å²) < 4.78 is 0. The number of hydrogen-bond donors (Lipinski definition) is 1. The Balaban J connectivity index is 2.06. The van der Waals surface area contributed by atoms with Crippen molar-refractivity contribution < 1.29 is 5.11 Å². The van der Waals surface area contributed by atoms with Gasteiger partial charge in [0.2, 0.25) is 5.88 Å². The molecule has 1 aromatic heterocycles. The average Bonchev–Trinajstić information content (AvgIpc) is 2.37. The monoisotopic (exact) mass is 246 g/mol. The Morgan fingerprint density at radius 3 is 2.59 bits per heavy atom. The van der Waals surface area contributed by atoms with Gasteiger partial charge in [-0.25, -0.2) is 4.98 Å². The zero-order valence-electron chi connectivity index (χ0n) is 9.63. The minimum absolute atomic E-state index is 0.0485. The zero-order valence-corrected chi connectivity index (χ0v) is 10.4. The maximum atomic E-state index is 9.46. The quantitative estimate of drug-likeness (QED) is 0.665. The number of nitrogens with zero attached hydrogens (tertiary/aromatic N) is 2. The minimum Gasteiger partial charge on any atom is -0.493 e. The van der Waals surface area contributed by atoms with Crippen molar-refractivity contribution in [1.82, 2.24) is 9.97 Å². The molecule has 88 valence electrons. The molecule has 0 spiro atoms. The molecule has 1 heterocycles. The summed E-state index contributed by atoms with van der Waals surface area (Å²) in [6, 6.07) is 11.9. The summed E-state index contributed by atoms with van der Waals surface area (Å²) >= 11 is 1.44. The van der Waals surface area contributed by atoms with E-state index in [0.29, 0.717) is 5.16 Å². The largest absolute Gasteiger partial charge is 0.493 e. The molecule has 0 bridgehead atoms. The third-order valence-corrected chi connectivity index (χ3v) is 2.99. The van der Waals surface area contributed by atoms with Gasteiger partial charge in [0.1, 0.15) is 0 Å². The highest BCUT2D eigenvalue weighted by molar-refractivity contribution is 7.98. The first-order valence-electron chi connectivity index (χ1n) is 5.43. The highest BCUT2D eigenvalue weighted by Crippen LogP contribution is 2.15. The molecule has 0 aliphatic carbocycles. The number of thioether (sulfide) groups is 1. The van der Waals surface area contributed by atoms with E-state index < -0.39 is 0 Å². The van der Waals surface area contributed by atoms with E-state index in [9.17, 15) is 5.11 Å². The molecule has 0 amide bonds. The van der Waals surface area contributed by atoms with Crippen LogP contribution < -0.4 is 0 Å². The number of hydrogen-bond acceptors (Lipinski definition) is 4. The van der Waals surface area contributed by atoms with Crippen LogP contribution in [0.3, 0.4) is 0 Å². The van der Waals surface area contributed by atoms with Gasteiger partial charge in [0.15, 0.2) is 5.16 Å². The number of aromatic nitrogens is 2. The van der Waals surface area contributed by atoms with Gasteiger partial charge in [0.05, 0.1) is 0 Å². The Hall–Kier alpha value is -1.55. The molecule has 0 atom stereocenters. The number of benzene rings is 1. The highest BCUT2D eigenvalue weighted by atomic mass is 32.2. The predicted molar refractivity (Wildman–Crippen MR) is 69.3 cm³/mol. The summed E-state index contributed by atoms with van der Waals surface area (Å²) in [6.07, 6.45) is 3.63. The van der Waals surface area contributed by atoms with Gasteiger partial charge in [-0.05, 0) is 24.7 Å². The molecule has 0 radical (unpaired) electrons. The molecule has 3 nitrogen and oxygen atoms in total. The molecule has 2 rings (SSSR count). The fourth-order valence-corrected chi connectivity index (χ4v) is 1.99. The van der Waals surface area contributed by atoms with Crippen LogP contribution >= 0.6 is 11.8 Å². The third kappa shape index (κ3) is 3.46. The van der Waals surface area contributed by atoms with Gasteiger partial charge in [0, 0.05) is 11.8 Å². The minimum atomic E-state index is 0.0485. The topological polar surface area (TPSA) is 46.0 Å². The first kappa shape index (κ1) is 11.9. The van der Waals surface area contributed by atoms with E-state index in [1.54, 1.807) is 6.07 Å². The predicted octanol–water partition coefficient (Wildman–Crippen LogP) is 2.69. The summed E-state index contributed by atoms with van der Waals surface area (Å²) in [4.78, 5) is 8.27. The van der Waals surface area contributed by atoms with Gasteiger partial charge in [-0.2, -0.15) is 4.98 Å². The number of aryl methyl sites for hydroxylation is 2. The standard InChI is InChI=1S/C13H14N2OS/c1-17-13-14-11(9-12(16)15-13)8-7-10-5-3-2-4-6-10/h2-6,9H,7-8H2,1H3,(H,14,15,16). The molecule has 0 fully saturated rings. The lowest BCUT2D eigenvalue weighted by Gasteiger charge is -2.03. The normalized spacial score (nSPS) is 10.4. The Labute approximate surface area is 105 Å². The van der Waals surface area contributed by atoms with Gasteiger partial charge < -0.3 is 5.11 Å². The Morgan fingerprint density at radius 2 is 1.88 bits per heavy atom. The molecule has 1 aromatic carbocycles. The van der Waals surface area contributed by atoms with Crippen LogP contribution in [-0.4, -0.2) is 21.3 Å². The smallest absolute Gasteiger partial charge is 0.215 e. The lowest BCUT2D eigenvalue weighted by Crippen LogP contribution is -1.97. The summed E-state index contributed by atoms with van der Waals surface area (Å²) in [5, 5.41) is 10.1. The molecule has 1 N–H and O–H groups in total. The van der Waals surface area contributed by atoms with Crippen molar-refractivity contribution in [2.45, 2.75) is 18.0 Å². The van der Waals surface area contributed by atoms with Crippen LogP contribution in [0.2, 0.25) is 0 Å². The maximum absolute atomic E-state index is 9.46. The number of rotatable bonds is 4. The third-order valence-electron chi connectivity index (χ3n) is 2.44. The van der Waals surface area contributed by atoms with Crippen LogP contribution in [0.15, 0.2) is 41.6 Å². The molecular formula is C13H14N2OS. The van der Waals surface area contributed by atoms with Gasteiger partial charge in [-0.1, -0.05) is 42.1 Å². The van der Waals surface area contributed by atoms with Crippen LogP contribution in [0.5, 0.6) is 5.88 Å². The molecule has 0 unspecified atom stereocenters. The summed E-state index contributed by atoms with van der Waals surface area (Å²) in [6.45, 7) is 0. The van der Waals surface area contributed by atoms with Gasteiger partial charge in [-0.3, -0.25) is 0 Å². The molecule has 2 aromatic rings. The highest BCUT2D eigenvalue weighted by Gasteiger charge is 2.03. The molecule has 4 heteroatoms. The fraction of sp³-hybridized carbons (Fsp3) is 0.231. The first-order chi connectivity index (χ1) is 8.28. The van der Waals surface area contributed by atoms with Crippen molar-refractivity contribution in [2.75, 3.05) is 6.26 Å². The van der Waals surface area contributed by atoms with E-state index in [4.69, 9.17) is 0 Å². The van der Waals surface area contributed by atoms with E-state index in [1.165, 1.54) is 17.3 Å². The molecule has 17 heavy (non-hydrogen) atoms. The Bertz CT molecular complexity index is 488. The van der Waals surface area contributed by atoms with E-state index in [2.05, 4.69) is 22.1 Å². The van der Waals surface area contributed by atoms with Crippen LogP contribution in [0.25, 0.3) is 0 Å². The van der Waals surface area contributed by atoms with Crippen molar-refractivity contribution in [1.29, 1.82) is 0 Å². The second-order valence-corrected chi connectivity index (χ2v) is 4.46. The van der Waals surface area contributed by atoms with Crippen molar-refractivity contribution >= 4 is 11.8 Å². The van der Waals surface area contributed by atoms with Crippen LogP contribution in [0.1, 0.15) is 11.3 Å². The van der Waals surface area contributed by atoms with Crippen LogP contribution in [0, 0.1) is 0 Å². The molecule has 0 saturated carbocycles. The van der Waals surface area contributed by atoms with Crippen LogP contribution in [-0.2, 0) is 12.8 Å². The van der Waals surface area contributed by atoms with Crippen molar-refractivity contribution in [2.24, 2.45) is 0 Å². The summed E-state index contributed by atoms with van der Waals surface area (Å²) in [5.41, 5.74) is 2.15. The van der Waals surface area contributed by atoms with E-state index in [-0.39, 0.29) is 5.88 Å². The maximum Gasteiger partial charge on any atom is 0.215 e. The lowest BCUT2D eigenvalue weighted by molar-refractivity contribution is 0.443. The second kappa shape index (κ2) is 5.68. The summed E-state index contributed by atoms with van der Waals surface area (Å²) in [5.74, 6) is 0.0485. The molecular weight excluding hydrogens is 232 g/mol. The first-order valence-corrected chi connectivity index (χ1v) is 6.65. The van der Waals surface area contributed by atoms with E-state index >= 15 is 0 Å². The SMILES string of the molecule is CSc1nc(O)cc(CCc2ccccc2)n1. The van der Waals surface area contributed by atoms with Gasteiger partial charge in [0.25, 0.3) is 0 Å². The lowest BCUT2D eigenvalue weighted by atomic mass is 10.1. The van der Waals surface area contributed by atoms with Crippen molar-refractivity contribution in [3.8, 4) is 5.88 Å². The second-order valence-electron chi connectivity index (χ2n) is 3.69. The van der Waals surface area contributed by atoms with Gasteiger partial charge >= 0.3 is 0 Å². The van der Waals surface area contributed by atoms with Gasteiger partial charge in [-0.15, -0.1) is 0 Å². The molecule has 0 aliphatic heterocycles. The number of aromatic hydroxyl groups is 1. The zero-order chi connectivity index (χ0) is 12.1. The molecule has 0 aliphatic rings. The van der Waals surface area contributed by atoms with Crippen LogP contribution in [0.4, 0.5) is 0 Å². The Morgan fingerprint density at radius 1 is 1.12 bits per heavy atom.